The third-order valence-electron chi connectivity index (χ3n) is 6.17. The minimum atomic E-state index is -4.52. The van der Waals surface area contributed by atoms with E-state index in [2.05, 4.69) is 5.16 Å². The van der Waals surface area contributed by atoms with Gasteiger partial charge < -0.3 is 9.57 Å². The lowest BCUT2D eigenvalue weighted by Crippen LogP contribution is -2.32. The summed E-state index contributed by atoms with van der Waals surface area (Å²) in [5.74, 6) is -0.0910. The molecule has 0 saturated carbocycles. The molecule has 0 saturated heterocycles. The Bertz CT molecular complexity index is 1420. The number of halogens is 5. The topological polar surface area (TPSA) is 54.7 Å². The van der Waals surface area contributed by atoms with Crippen molar-refractivity contribution in [3.63, 3.8) is 0 Å². The van der Waals surface area contributed by atoms with Gasteiger partial charge in [-0.25, -0.2) is 0 Å². The zero-order valence-electron chi connectivity index (χ0n) is 21.6. The Morgan fingerprint density at radius 2 is 1.50 bits per heavy atom. The quantitative estimate of drug-likeness (QED) is 0.338. The fraction of sp³-hybridized carbons (Fsp3) is 0.310. The van der Waals surface area contributed by atoms with Crippen LogP contribution in [0, 0.1) is 5.41 Å². The van der Waals surface area contributed by atoms with Crippen LogP contribution in [0.2, 0.25) is 10.0 Å². The van der Waals surface area contributed by atoms with E-state index in [4.69, 9.17) is 38.2 Å². The highest BCUT2D eigenvalue weighted by molar-refractivity contribution is 6.40. The van der Waals surface area contributed by atoms with Gasteiger partial charge in [-0.3, -0.25) is 5.41 Å². The van der Waals surface area contributed by atoms with Gasteiger partial charge in [-0.15, -0.1) is 0 Å². The molecule has 0 amide bonds. The van der Waals surface area contributed by atoms with Gasteiger partial charge in [0.25, 0.3) is 5.90 Å². The predicted molar refractivity (Wildman–Crippen MR) is 146 cm³/mol. The summed E-state index contributed by atoms with van der Waals surface area (Å²) in [6.45, 7) is 9.57. The van der Waals surface area contributed by atoms with Crippen molar-refractivity contribution in [3.05, 3.63) is 86.9 Å². The molecular weight excluding hydrogens is 536 g/mol. The number of ether oxygens (including phenoxy) is 1. The van der Waals surface area contributed by atoms with Gasteiger partial charge in [0, 0.05) is 17.5 Å². The number of hydrogen-bond donors (Lipinski definition) is 1. The van der Waals surface area contributed by atoms with E-state index >= 15 is 0 Å². The van der Waals surface area contributed by atoms with Crippen LogP contribution in [-0.2, 0) is 16.4 Å². The molecule has 4 nitrogen and oxygen atoms in total. The van der Waals surface area contributed by atoms with Gasteiger partial charge in [0.2, 0.25) is 0 Å². The Labute approximate surface area is 229 Å². The van der Waals surface area contributed by atoms with Crippen LogP contribution >= 0.6 is 23.2 Å². The third-order valence-corrected chi connectivity index (χ3v) is 6.80. The fourth-order valence-corrected chi connectivity index (χ4v) is 4.84. The van der Waals surface area contributed by atoms with Crippen LogP contribution in [0.15, 0.2) is 59.8 Å². The zero-order chi connectivity index (χ0) is 28.0. The number of oxime groups is 1. The standard InChI is InChI=1S/C29H27Cl2F3N2O2/c1-27(2,3)18-13-19(16-8-6-9-17(12-16)29(32,33)34)25-20(14-18)26(35)38-36-23(15-28(4,5)37-25)24-21(30)10-7-11-22(24)31/h6-14,35H,15H2,1-5H3/b35-26?,36-23+. The number of nitrogens with one attached hydrogen (secondary N) is 1. The van der Waals surface area contributed by atoms with Crippen molar-refractivity contribution in [2.24, 2.45) is 5.16 Å². The maximum Gasteiger partial charge on any atom is 0.416 e. The van der Waals surface area contributed by atoms with E-state index in [-0.39, 0.29) is 29.0 Å². The lowest BCUT2D eigenvalue weighted by atomic mass is 9.83. The lowest BCUT2D eigenvalue weighted by molar-refractivity contribution is -0.137. The highest BCUT2D eigenvalue weighted by atomic mass is 35.5. The van der Waals surface area contributed by atoms with E-state index in [1.165, 1.54) is 6.07 Å². The van der Waals surface area contributed by atoms with Crippen LogP contribution < -0.4 is 4.74 Å². The molecule has 1 aliphatic rings. The summed E-state index contributed by atoms with van der Waals surface area (Å²) in [5.41, 5.74) is 0.504. The second-order valence-corrected chi connectivity index (χ2v) is 11.6. The van der Waals surface area contributed by atoms with Gasteiger partial charge in [0.05, 0.1) is 26.9 Å². The van der Waals surface area contributed by atoms with Crippen LogP contribution in [0.1, 0.15) is 63.3 Å². The van der Waals surface area contributed by atoms with E-state index < -0.39 is 17.3 Å². The van der Waals surface area contributed by atoms with Crippen molar-refractivity contribution < 1.29 is 22.7 Å². The Balaban J connectivity index is 1.95. The Morgan fingerprint density at radius 1 is 0.895 bits per heavy atom. The molecule has 1 heterocycles. The van der Waals surface area contributed by atoms with Gasteiger partial charge in [-0.1, -0.05) is 67.3 Å². The Kier molecular flexibility index (Phi) is 7.32. The first-order valence-corrected chi connectivity index (χ1v) is 12.6. The van der Waals surface area contributed by atoms with E-state index in [0.717, 1.165) is 17.7 Å². The van der Waals surface area contributed by atoms with E-state index in [9.17, 15) is 13.2 Å². The summed E-state index contributed by atoms with van der Waals surface area (Å²) in [6.07, 6.45) is -4.33. The molecule has 0 aliphatic carbocycles. The van der Waals surface area contributed by atoms with E-state index in [1.54, 1.807) is 30.3 Å². The number of alkyl halides is 3. The highest BCUT2D eigenvalue weighted by Gasteiger charge is 2.34. The van der Waals surface area contributed by atoms with Crippen LogP contribution in [0.25, 0.3) is 11.1 Å². The molecule has 0 radical (unpaired) electrons. The average Bonchev–Trinajstić information content (AvgIpc) is 2.84. The summed E-state index contributed by atoms with van der Waals surface area (Å²) in [5, 5.41) is 13.7. The van der Waals surface area contributed by atoms with Crippen molar-refractivity contribution in [1.29, 1.82) is 5.41 Å². The normalized spacial score (nSPS) is 17.2. The highest BCUT2D eigenvalue weighted by Crippen LogP contribution is 2.43. The summed E-state index contributed by atoms with van der Waals surface area (Å²) >= 11 is 12.9. The molecule has 1 N–H and O–H groups in total. The Hall–Kier alpha value is -3.03. The molecule has 3 aromatic carbocycles. The number of hydrogen-bond acceptors (Lipinski definition) is 4. The summed E-state index contributed by atoms with van der Waals surface area (Å²) in [6, 6.07) is 13.7. The van der Waals surface area contributed by atoms with Gasteiger partial charge >= 0.3 is 6.18 Å². The molecule has 1 aliphatic heterocycles. The summed E-state index contributed by atoms with van der Waals surface area (Å²) in [4.78, 5) is 5.59. The minimum absolute atomic E-state index is 0.187. The Morgan fingerprint density at radius 3 is 2.11 bits per heavy atom. The van der Waals surface area contributed by atoms with Gasteiger partial charge in [-0.05, 0) is 66.8 Å². The molecule has 9 heteroatoms. The molecule has 200 valence electrons. The van der Waals surface area contributed by atoms with Crippen LogP contribution in [0.3, 0.4) is 0 Å². The molecule has 0 fully saturated rings. The molecule has 0 atom stereocenters. The first-order valence-electron chi connectivity index (χ1n) is 11.9. The number of benzene rings is 3. The van der Waals surface area contributed by atoms with Crippen molar-refractivity contribution in [1.82, 2.24) is 0 Å². The predicted octanol–water partition coefficient (Wildman–Crippen LogP) is 9.28. The SMILES string of the molecule is CC1(C)C/C(c2c(Cl)cccc2Cl)=N\OC(=N)c2cc(C(C)(C)C)cc(-c3cccc(C(F)(F)F)c3)c2O1. The summed E-state index contributed by atoms with van der Waals surface area (Å²) < 4.78 is 47.3. The first-order chi connectivity index (χ1) is 17.6. The van der Waals surface area contributed by atoms with Crippen molar-refractivity contribution in [2.75, 3.05) is 0 Å². The average molecular weight is 563 g/mol. The van der Waals surface area contributed by atoms with E-state index in [1.807, 2.05) is 40.7 Å². The molecule has 0 aromatic heterocycles. The monoisotopic (exact) mass is 562 g/mol. The molecular formula is C29H27Cl2F3N2O2. The maximum atomic E-state index is 13.6. The summed E-state index contributed by atoms with van der Waals surface area (Å²) in [7, 11) is 0. The fourth-order valence-electron chi connectivity index (χ4n) is 4.22. The van der Waals surface area contributed by atoms with Crippen molar-refractivity contribution >= 4 is 34.8 Å². The molecule has 38 heavy (non-hydrogen) atoms. The van der Waals surface area contributed by atoms with Gasteiger partial charge in [0.15, 0.2) is 0 Å². The second-order valence-electron chi connectivity index (χ2n) is 10.8. The molecule has 0 spiro atoms. The minimum Gasteiger partial charge on any atom is -0.486 e. The number of nitrogens with zero attached hydrogens (tertiary/aromatic N) is 1. The number of rotatable bonds is 2. The van der Waals surface area contributed by atoms with Crippen LogP contribution in [0.4, 0.5) is 13.2 Å². The molecule has 3 aromatic rings. The molecule has 0 unspecified atom stereocenters. The number of fused-ring (bicyclic) bond motifs is 1. The zero-order valence-corrected chi connectivity index (χ0v) is 23.1. The second kappa shape index (κ2) is 9.93. The lowest BCUT2D eigenvalue weighted by Gasteiger charge is -2.30. The van der Waals surface area contributed by atoms with Crippen LogP contribution in [0.5, 0.6) is 5.75 Å². The van der Waals surface area contributed by atoms with Gasteiger partial charge in [-0.2, -0.15) is 13.2 Å². The van der Waals surface area contributed by atoms with Crippen molar-refractivity contribution in [2.45, 2.75) is 58.2 Å². The maximum absolute atomic E-state index is 13.6. The van der Waals surface area contributed by atoms with Crippen LogP contribution in [-0.4, -0.2) is 17.2 Å². The van der Waals surface area contributed by atoms with Crippen molar-refractivity contribution in [3.8, 4) is 16.9 Å². The molecule has 4 rings (SSSR count). The largest absolute Gasteiger partial charge is 0.486 e. The first kappa shape index (κ1) is 28.0. The van der Waals surface area contributed by atoms with E-state index in [0.29, 0.717) is 32.4 Å². The smallest absolute Gasteiger partial charge is 0.416 e. The molecule has 0 bridgehead atoms. The third kappa shape index (κ3) is 5.84. The van der Waals surface area contributed by atoms with Gasteiger partial charge in [0.1, 0.15) is 11.4 Å².